The average molecular weight is 549 g/mol. The van der Waals surface area contributed by atoms with E-state index in [1.54, 1.807) is 79.9 Å². The summed E-state index contributed by atoms with van der Waals surface area (Å²) in [6.07, 6.45) is 0. The molecule has 0 aromatic heterocycles. The molecule has 4 rings (SSSR count). The number of aryl methyl sites for hydroxylation is 1. The molecule has 4 aromatic rings. The molecule has 196 valence electrons. The molecule has 0 saturated heterocycles. The zero-order chi connectivity index (χ0) is 27.3. The predicted molar refractivity (Wildman–Crippen MR) is 151 cm³/mol. The van der Waals surface area contributed by atoms with Gasteiger partial charge in [-0.3, -0.25) is 9.10 Å². The van der Waals surface area contributed by atoms with Crippen LogP contribution >= 0.6 is 11.6 Å². The van der Waals surface area contributed by atoms with Crippen molar-refractivity contribution in [2.75, 3.05) is 11.4 Å². The Labute approximate surface area is 228 Å². The average Bonchev–Trinajstić information content (AvgIpc) is 2.93. The third-order valence-corrected chi connectivity index (χ3v) is 8.28. The van der Waals surface area contributed by atoms with Crippen LogP contribution in [0.4, 0.5) is 5.69 Å². The third-order valence-electron chi connectivity index (χ3n) is 6.27. The van der Waals surface area contributed by atoms with Crippen LogP contribution in [0.3, 0.4) is 0 Å². The molecular weight excluding hydrogens is 520 g/mol. The van der Waals surface area contributed by atoms with Crippen molar-refractivity contribution in [1.29, 1.82) is 0 Å². The van der Waals surface area contributed by atoms with Gasteiger partial charge in [-0.15, -0.1) is 0 Å². The first-order valence-corrected chi connectivity index (χ1v) is 13.9. The van der Waals surface area contributed by atoms with Crippen LogP contribution in [0.25, 0.3) is 0 Å². The number of halogens is 1. The largest absolute Gasteiger partial charge is 0.496 e. The van der Waals surface area contributed by atoms with E-state index in [9.17, 15) is 13.2 Å². The number of para-hydroxylation sites is 1. The Morgan fingerprint density at radius 3 is 2.29 bits per heavy atom. The van der Waals surface area contributed by atoms with Crippen molar-refractivity contribution in [2.45, 2.75) is 31.3 Å². The van der Waals surface area contributed by atoms with E-state index in [1.807, 2.05) is 38.1 Å². The lowest BCUT2D eigenvalue weighted by atomic mass is 10.1. The number of anilines is 1. The van der Waals surface area contributed by atoms with Crippen molar-refractivity contribution in [1.82, 2.24) is 5.32 Å². The maximum absolute atomic E-state index is 13.7. The highest BCUT2D eigenvalue weighted by atomic mass is 35.5. The zero-order valence-electron chi connectivity index (χ0n) is 21.4. The van der Waals surface area contributed by atoms with E-state index in [1.165, 1.54) is 4.31 Å². The fourth-order valence-corrected chi connectivity index (χ4v) is 5.88. The minimum atomic E-state index is -3.89. The summed E-state index contributed by atoms with van der Waals surface area (Å²) in [4.78, 5) is 13.1. The van der Waals surface area contributed by atoms with Gasteiger partial charge in [0, 0.05) is 16.1 Å². The number of hydrogen-bond donors (Lipinski definition) is 1. The van der Waals surface area contributed by atoms with E-state index in [0.717, 1.165) is 16.7 Å². The molecule has 0 heterocycles. The molecular formula is C30H29ClN2O4S. The molecule has 0 aliphatic rings. The van der Waals surface area contributed by atoms with Gasteiger partial charge in [0.05, 0.1) is 30.3 Å². The first kappa shape index (κ1) is 27.2. The Kier molecular flexibility index (Phi) is 8.39. The fraction of sp³-hybridized carbons (Fsp3) is 0.167. The number of ether oxygens (including phenoxy) is 1. The van der Waals surface area contributed by atoms with Crippen LogP contribution in [0.15, 0.2) is 102 Å². The van der Waals surface area contributed by atoms with Gasteiger partial charge in [0.15, 0.2) is 0 Å². The van der Waals surface area contributed by atoms with Crippen molar-refractivity contribution in [3.05, 3.63) is 124 Å². The van der Waals surface area contributed by atoms with E-state index in [0.29, 0.717) is 22.0 Å². The number of hydrogen-bond acceptors (Lipinski definition) is 4. The van der Waals surface area contributed by atoms with Crippen molar-refractivity contribution < 1.29 is 17.9 Å². The topological polar surface area (TPSA) is 75.7 Å². The number of sulfonamides is 1. The number of methoxy groups -OCH3 is 1. The van der Waals surface area contributed by atoms with Crippen LogP contribution in [0.1, 0.15) is 40.0 Å². The first-order valence-electron chi connectivity index (χ1n) is 12.1. The van der Waals surface area contributed by atoms with Gasteiger partial charge in [-0.05, 0) is 67.4 Å². The van der Waals surface area contributed by atoms with Crippen LogP contribution in [0.5, 0.6) is 5.75 Å². The second-order valence-electron chi connectivity index (χ2n) is 8.89. The van der Waals surface area contributed by atoms with Crippen LogP contribution in [0, 0.1) is 6.92 Å². The number of benzene rings is 4. The fourth-order valence-electron chi connectivity index (χ4n) is 4.18. The molecule has 1 N–H and O–H groups in total. The maximum atomic E-state index is 13.7. The standard InChI is InChI=1S/C30H29ClN2O4S/c1-21-13-18-25(31)19-28(21)33(38(35,36)26-9-5-4-6-10-26)20-23-14-16-24(17-15-23)30(34)32-22(2)27-11-7-8-12-29(27)37-3/h4-19,22H,20H2,1-3H3,(H,32,34). The molecule has 0 radical (unpaired) electrons. The molecule has 6 nitrogen and oxygen atoms in total. The number of carbonyl (C=O) groups excluding carboxylic acids is 1. The zero-order valence-corrected chi connectivity index (χ0v) is 23.0. The van der Waals surface area contributed by atoms with Crippen molar-refractivity contribution in [3.63, 3.8) is 0 Å². The number of carbonyl (C=O) groups is 1. The molecule has 38 heavy (non-hydrogen) atoms. The monoisotopic (exact) mass is 548 g/mol. The molecule has 1 unspecified atom stereocenters. The van der Waals surface area contributed by atoms with Gasteiger partial charge in [-0.25, -0.2) is 8.42 Å². The van der Waals surface area contributed by atoms with E-state index in [2.05, 4.69) is 5.32 Å². The second kappa shape index (κ2) is 11.7. The van der Waals surface area contributed by atoms with Crippen molar-refractivity contribution in [2.24, 2.45) is 0 Å². The molecule has 0 bridgehead atoms. The molecule has 1 atom stereocenters. The number of nitrogens with zero attached hydrogens (tertiary/aromatic N) is 1. The maximum Gasteiger partial charge on any atom is 0.264 e. The van der Waals surface area contributed by atoms with Gasteiger partial charge in [0.1, 0.15) is 5.75 Å². The predicted octanol–water partition coefficient (Wildman–Crippen LogP) is 6.54. The lowest BCUT2D eigenvalue weighted by Gasteiger charge is -2.26. The van der Waals surface area contributed by atoms with E-state index < -0.39 is 10.0 Å². The SMILES string of the molecule is COc1ccccc1C(C)NC(=O)c1ccc(CN(c2cc(Cl)ccc2C)S(=O)(=O)c2ccccc2)cc1. The lowest BCUT2D eigenvalue weighted by molar-refractivity contribution is 0.0939. The summed E-state index contributed by atoms with van der Waals surface area (Å²) < 4.78 is 34.1. The number of rotatable bonds is 9. The summed E-state index contributed by atoms with van der Waals surface area (Å²) in [7, 11) is -2.29. The molecule has 0 fully saturated rings. The Bertz CT molecular complexity index is 1520. The second-order valence-corrected chi connectivity index (χ2v) is 11.2. The Morgan fingerprint density at radius 2 is 1.61 bits per heavy atom. The minimum absolute atomic E-state index is 0.0674. The third kappa shape index (κ3) is 6.01. The van der Waals surface area contributed by atoms with Gasteiger partial charge in [0.2, 0.25) is 0 Å². The van der Waals surface area contributed by atoms with E-state index in [4.69, 9.17) is 16.3 Å². The summed E-state index contributed by atoms with van der Waals surface area (Å²) >= 11 is 6.25. The van der Waals surface area contributed by atoms with Gasteiger partial charge in [0.25, 0.3) is 15.9 Å². The summed E-state index contributed by atoms with van der Waals surface area (Å²) in [5, 5.41) is 3.43. The van der Waals surface area contributed by atoms with Crippen LogP contribution in [-0.4, -0.2) is 21.4 Å². The quantitative estimate of drug-likeness (QED) is 0.257. The molecule has 0 aliphatic carbocycles. The highest BCUT2D eigenvalue weighted by molar-refractivity contribution is 7.92. The summed E-state index contributed by atoms with van der Waals surface area (Å²) in [6.45, 7) is 3.80. The van der Waals surface area contributed by atoms with Crippen molar-refractivity contribution >= 4 is 33.2 Å². The smallest absolute Gasteiger partial charge is 0.264 e. The van der Waals surface area contributed by atoms with Gasteiger partial charge in [-0.2, -0.15) is 0 Å². The molecule has 8 heteroatoms. The lowest BCUT2D eigenvalue weighted by Crippen LogP contribution is -2.31. The van der Waals surface area contributed by atoms with Gasteiger partial charge in [-0.1, -0.05) is 66.2 Å². The number of amides is 1. The van der Waals surface area contributed by atoms with Crippen molar-refractivity contribution in [3.8, 4) is 5.75 Å². The van der Waals surface area contributed by atoms with E-state index >= 15 is 0 Å². The summed E-state index contributed by atoms with van der Waals surface area (Å²) in [5.74, 6) is 0.459. The van der Waals surface area contributed by atoms with E-state index in [-0.39, 0.29) is 23.4 Å². The highest BCUT2D eigenvalue weighted by Gasteiger charge is 2.26. The van der Waals surface area contributed by atoms with Gasteiger partial charge < -0.3 is 10.1 Å². The first-order chi connectivity index (χ1) is 18.2. The minimum Gasteiger partial charge on any atom is -0.496 e. The molecule has 0 aliphatic heterocycles. The summed E-state index contributed by atoms with van der Waals surface area (Å²) in [5.41, 5.74) is 3.33. The molecule has 1 amide bonds. The molecule has 4 aromatic carbocycles. The van der Waals surface area contributed by atoms with Gasteiger partial charge >= 0.3 is 0 Å². The normalized spacial score (nSPS) is 12.0. The summed E-state index contributed by atoms with van der Waals surface area (Å²) in [6, 6.07) is 27.6. The molecule has 0 saturated carbocycles. The molecule has 0 spiro atoms. The number of nitrogens with one attached hydrogen (secondary N) is 1. The van der Waals surface area contributed by atoms with Crippen LogP contribution < -0.4 is 14.4 Å². The highest BCUT2D eigenvalue weighted by Crippen LogP contribution is 2.31. The van der Waals surface area contributed by atoms with Crippen LogP contribution in [0.2, 0.25) is 5.02 Å². The Balaban J connectivity index is 1.59. The Morgan fingerprint density at radius 1 is 0.947 bits per heavy atom. The van der Waals surface area contributed by atoms with Crippen LogP contribution in [-0.2, 0) is 16.6 Å². The Hall–Kier alpha value is -3.81.